The third-order valence-electron chi connectivity index (χ3n) is 2.26. The van der Waals surface area contributed by atoms with Crippen LogP contribution in [0.3, 0.4) is 0 Å². The van der Waals surface area contributed by atoms with E-state index in [9.17, 15) is 0 Å². The molecule has 1 aromatic rings. The zero-order valence-corrected chi connectivity index (χ0v) is 6.98. The van der Waals surface area contributed by atoms with Crippen LogP contribution in [-0.4, -0.2) is 32.8 Å². The van der Waals surface area contributed by atoms with Gasteiger partial charge in [-0.2, -0.15) is 0 Å². The van der Waals surface area contributed by atoms with E-state index >= 15 is 0 Å². The number of nitrogens with zero attached hydrogens (tertiary/aromatic N) is 4. The van der Waals surface area contributed by atoms with Crippen molar-refractivity contribution in [3.05, 3.63) is 6.33 Å². The maximum absolute atomic E-state index is 3.80. The van der Waals surface area contributed by atoms with Crippen LogP contribution in [0.5, 0.6) is 0 Å². The molecule has 1 saturated heterocycles. The summed E-state index contributed by atoms with van der Waals surface area (Å²) in [5, 5.41) is 14.4. The molecule has 0 bridgehead atoms. The third-order valence-corrected chi connectivity index (χ3v) is 2.26. The first-order valence-corrected chi connectivity index (χ1v) is 4.39. The van der Waals surface area contributed by atoms with Gasteiger partial charge in [0.1, 0.15) is 6.33 Å². The Bertz CT molecular complexity index is 214. The summed E-state index contributed by atoms with van der Waals surface area (Å²) in [5.74, 6) is 0. The van der Waals surface area contributed by atoms with E-state index in [1.807, 2.05) is 0 Å². The molecule has 0 spiro atoms. The van der Waals surface area contributed by atoms with Crippen molar-refractivity contribution in [3.63, 3.8) is 0 Å². The molecule has 12 heavy (non-hydrogen) atoms. The van der Waals surface area contributed by atoms with Crippen LogP contribution in [0.2, 0.25) is 0 Å². The third kappa shape index (κ3) is 1.79. The first-order chi connectivity index (χ1) is 5.95. The Balaban J connectivity index is 1.74. The molecule has 2 heterocycles. The van der Waals surface area contributed by atoms with Crippen LogP contribution in [0.4, 0.5) is 0 Å². The smallest absolute Gasteiger partial charge is 0.138 e. The summed E-state index contributed by atoms with van der Waals surface area (Å²) >= 11 is 0. The van der Waals surface area contributed by atoms with E-state index in [2.05, 4.69) is 20.8 Å². The van der Waals surface area contributed by atoms with E-state index in [1.54, 1.807) is 11.0 Å². The van der Waals surface area contributed by atoms with Gasteiger partial charge < -0.3 is 5.32 Å². The molecule has 1 unspecified atom stereocenters. The van der Waals surface area contributed by atoms with Crippen LogP contribution in [0, 0.1) is 0 Å². The number of tetrazole rings is 1. The molecule has 1 aliphatic heterocycles. The highest BCUT2D eigenvalue weighted by atomic mass is 15.5. The standard InChI is InChI=1S/C7H13N5/c1-2-7(8-4-1)3-5-12-6-9-10-11-12/h6-8H,1-5H2. The topological polar surface area (TPSA) is 55.6 Å². The molecule has 0 radical (unpaired) electrons. The van der Waals surface area contributed by atoms with E-state index < -0.39 is 0 Å². The van der Waals surface area contributed by atoms with Crippen molar-refractivity contribution in [1.82, 2.24) is 25.5 Å². The van der Waals surface area contributed by atoms with E-state index in [0.717, 1.165) is 13.0 Å². The first-order valence-electron chi connectivity index (χ1n) is 4.39. The van der Waals surface area contributed by atoms with E-state index in [4.69, 9.17) is 0 Å². The Hall–Kier alpha value is -0.970. The maximum atomic E-state index is 3.80. The molecular formula is C7H13N5. The van der Waals surface area contributed by atoms with Gasteiger partial charge in [0.2, 0.25) is 0 Å². The SMILES string of the molecule is c1nnnn1CCC1CCCN1. The van der Waals surface area contributed by atoms with Crippen molar-refractivity contribution in [2.24, 2.45) is 0 Å². The largest absolute Gasteiger partial charge is 0.314 e. The van der Waals surface area contributed by atoms with Crippen molar-refractivity contribution >= 4 is 0 Å². The molecule has 1 atom stereocenters. The summed E-state index contributed by atoms with van der Waals surface area (Å²) < 4.78 is 1.78. The molecule has 2 rings (SSSR count). The summed E-state index contributed by atoms with van der Waals surface area (Å²) in [5.41, 5.74) is 0. The zero-order valence-electron chi connectivity index (χ0n) is 6.98. The highest BCUT2D eigenvalue weighted by molar-refractivity contribution is 4.73. The minimum atomic E-state index is 0.675. The second kappa shape index (κ2) is 3.62. The monoisotopic (exact) mass is 167 g/mol. The summed E-state index contributed by atoms with van der Waals surface area (Å²) in [6.45, 7) is 2.09. The van der Waals surface area contributed by atoms with Crippen molar-refractivity contribution < 1.29 is 0 Å². The average Bonchev–Trinajstić information content (AvgIpc) is 2.74. The Kier molecular flexibility index (Phi) is 2.31. The summed E-state index contributed by atoms with van der Waals surface area (Å²) in [6, 6.07) is 0.675. The van der Waals surface area contributed by atoms with Gasteiger partial charge in [-0.15, -0.1) is 5.10 Å². The number of hydrogen-bond acceptors (Lipinski definition) is 4. The number of aromatic nitrogens is 4. The van der Waals surface area contributed by atoms with Gasteiger partial charge in [0.15, 0.2) is 0 Å². The lowest BCUT2D eigenvalue weighted by atomic mass is 10.2. The number of hydrogen-bond donors (Lipinski definition) is 1. The normalized spacial score (nSPS) is 23.2. The molecule has 0 saturated carbocycles. The predicted molar refractivity (Wildman–Crippen MR) is 43.5 cm³/mol. The van der Waals surface area contributed by atoms with Gasteiger partial charge in [-0.05, 0) is 36.2 Å². The van der Waals surface area contributed by atoms with Crippen LogP contribution in [0.1, 0.15) is 19.3 Å². The van der Waals surface area contributed by atoms with Crippen molar-refractivity contribution in [3.8, 4) is 0 Å². The molecule has 0 amide bonds. The fourth-order valence-electron chi connectivity index (χ4n) is 1.57. The number of nitrogens with one attached hydrogen (secondary N) is 1. The van der Waals surface area contributed by atoms with E-state index in [0.29, 0.717) is 6.04 Å². The highest BCUT2D eigenvalue weighted by Crippen LogP contribution is 2.08. The van der Waals surface area contributed by atoms with Crippen LogP contribution >= 0.6 is 0 Å². The van der Waals surface area contributed by atoms with Crippen LogP contribution in [0.25, 0.3) is 0 Å². The number of rotatable bonds is 3. The summed E-state index contributed by atoms with van der Waals surface area (Å²) in [7, 11) is 0. The van der Waals surface area contributed by atoms with E-state index in [-0.39, 0.29) is 0 Å². The summed E-state index contributed by atoms with van der Waals surface area (Å²) in [4.78, 5) is 0. The highest BCUT2D eigenvalue weighted by Gasteiger charge is 2.13. The van der Waals surface area contributed by atoms with Crippen molar-refractivity contribution in [2.75, 3.05) is 6.54 Å². The predicted octanol–water partition coefficient (Wildman–Crippen LogP) is -0.185. The Morgan fingerprint density at radius 3 is 3.25 bits per heavy atom. The first kappa shape index (κ1) is 7.67. The molecule has 66 valence electrons. The maximum Gasteiger partial charge on any atom is 0.138 e. The zero-order chi connectivity index (χ0) is 8.23. The minimum Gasteiger partial charge on any atom is -0.314 e. The lowest BCUT2D eigenvalue weighted by Crippen LogP contribution is -2.23. The van der Waals surface area contributed by atoms with Gasteiger partial charge in [-0.25, -0.2) is 4.68 Å². The molecule has 5 nitrogen and oxygen atoms in total. The number of aryl methyl sites for hydroxylation is 1. The molecular weight excluding hydrogens is 154 g/mol. The van der Waals surface area contributed by atoms with Gasteiger partial charge in [0.05, 0.1) is 0 Å². The van der Waals surface area contributed by atoms with Crippen molar-refractivity contribution in [2.45, 2.75) is 31.8 Å². The molecule has 1 fully saturated rings. The van der Waals surface area contributed by atoms with Gasteiger partial charge in [-0.1, -0.05) is 0 Å². The fourth-order valence-corrected chi connectivity index (χ4v) is 1.57. The Morgan fingerprint density at radius 1 is 1.58 bits per heavy atom. The van der Waals surface area contributed by atoms with Crippen LogP contribution in [0.15, 0.2) is 6.33 Å². The molecule has 5 heteroatoms. The quantitative estimate of drug-likeness (QED) is 0.678. The lowest BCUT2D eigenvalue weighted by molar-refractivity contribution is 0.473. The van der Waals surface area contributed by atoms with Crippen molar-refractivity contribution in [1.29, 1.82) is 0 Å². The van der Waals surface area contributed by atoms with Gasteiger partial charge >= 0.3 is 0 Å². The average molecular weight is 167 g/mol. The van der Waals surface area contributed by atoms with E-state index in [1.165, 1.54) is 19.4 Å². The van der Waals surface area contributed by atoms with Gasteiger partial charge in [-0.3, -0.25) is 0 Å². The Labute approximate surface area is 71.1 Å². The summed E-state index contributed by atoms with van der Waals surface area (Å²) in [6.07, 6.45) is 5.39. The minimum absolute atomic E-state index is 0.675. The second-order valence-electron chi connectivity index (χ2n) is 3.15. The molecule has 1 aliphatic rings. The lowest BCUT2D eigenvalue weighted by Gasteiger charge is -2.08. The fraction of sp³-hybridized carbons (Fsp3) is 0.857. The Morgan fingerprint density at radius 2 is 2.58 bits per heavy atom. The van der Waals surface area contributed by atoms with Gasteiger partial charge in [0, 0.05) is 12.6 Å². The second-order valence-corrected chi connectivity index (χ2v) is 3.15. The molecule has 1 N–H and O–H groups in total. The van der Waals surface area contributed by atoms with Crippen LogP contribution in [-0.2, 0) is 6.54 Å². The molecule has 1 aromatic heterocycles. The van der Waals surface area contributed by atoms with Gasteiger partial charge in [0.25, 0.3) is 0 Å². The molecule has 0 aromatic carbocycles. The van der Waals surface area contributed by atoms with Crippen LogP contribution < -0.4 is 5.32 Å². The molecule has 0 aliphatic carbocycles.